The Morgan fingerprint density at radius 2 is 1.93 bits per heavy atom. The zero-order valence-corrected chi connectivity index (χ0v) is 15.4. The molecule has 7 heteroatoms. The predicted molar refractivity (Wildman–Crippen MR) is 102 cm³/mol. The number of hydrogen-bond acceptors (Lipinski definition) is 5. The first-order chi connectivity index (χ1) is 13.5. The minimum Gasteiger partial charge on any atom is -0.481 e. The summed E-state index contributed by atoms with van der Waals surface area (Å²) < 4.78 is 10.5. The molecule has 1 aromatic heterocycles. The van der Waals surface area contributed by atoms with Crippen molar-refractivity contribution < 1.29 is 23.8 Å². The smallest absolute Gasteiger partial charge is 0.310 e. The number of amides is 1. The van der Waals surface area contributed by atoms with Crippen molar-refractivity contribution in [1.82, 2.24) is 4.98 Å². The number of carbonyl (C=O) groups excluding carboxylic acids is 1. The number of carboxylic acids is 1. The first-order valence-corrected chi connectivity index (χ1v) is 8.97. The quantitative estimate of drug-likeness (QED) is 0.681. The Labute approximate surface area is 161 Å². The van der Waals surface area contributed by atoms with Gasteiger partial charge in [-0.2, -0.15) is 0 Å². The number of fused-ring (bicyclic) bond motifs is 2. The molecule has 1 heterocycles. The van der Waals surface area contributed by atoms with Crippen molar-refractivity contribution in [2.45, 2.75) is 25.9 Å². The Kier molecular flexibility index (Phi) is 4.60. The number of rotatable bonds is 6. The lowest BCUT2D eigenvalue weighted by molar-refractivity contribution is -0.150. The second-order valence-electron chi connectivity index (χ2n) is 7.16. The molecule has 0 fully saturated rings. The number of carboxylic acid groups (broad SMARTS) is 1. The average molecular weight is 380 g/mol. The van der Waals surface area contributed by atoms with E-state index in [1.54, 1.807) is 25.3 Å². The summed E-state index contributed by atoms with van der Waals surface area (Å²) in [6.45, 7) is 0.262. The Hall–Kier alpha value is -3.19. The maximum atomic E-state index is 12.6. The molecular formula is C21H20N2O5. The Morgan fingerprint density at radius 3 is 2.57 bits per heavy atom. The number of oxazole rings is 1. The fourth-order valence-electron chi connectivity index (χ4n) is 3.80. The first-order valence-electron chi connectivity index (χ1n) is 8.97. The predicted octanol–water partition coefficient (Wildman–Crippen LogP) is 3.17. The molecule has 7 nitrogen and oxygen atoms in total. The standard InChI is InChI=1S/C21H20N2O5/c1-27-12-19-23-16-8-15(6-7-17(16)28-19)22-18(24)11-21(20(25)26)9-13-4-2-3-5-14(13)10-21/h2-8H,9-12H2,1H3,(H,22,24)(H,25,26). The van der Waals surface area contributed by atoms with Gasteiger partial charge in [0.05, 0.1) is 5.41 Å². The molecule has 1 aliphatic carbocycles. The van der Waals surface area contributed by atoms with Gasteiger partial charge < -0.3 is 19.6 Å². The molecule has 4 rings (SSSR count). The maximum Gasteiger partial charge on any atom is 0.310 e. The molecule has 0 unspecified atom stereocenters. The van der Waals surface area contributed by atoms with Crippen molar-refractivity contribution in [1.29, 1.82) is 0 Å². The zero-order chi connectivity index (χ0) is 19.7. The van der Waals surface area contributed by atoms with Crippen LogP contribution in [-0.2, 0) is 33.8 Å². The van der Waals surface area contributed by atoms with Crippen LogP contribution in [0.3, 0.4) is 0 Å². The fourth-order valence-corrected chi connectivity index (χ4v) is 3.80. The van der Waals surface area contributed by atoms with Gasteiger partial charge >= 0.3 is 5.97 Å². The molecule has 1 aliphatic rings. The van der Waals surface area contributed by atoms with E-state index < -0.39 is 11.4 Å². The second kappa shape index (κ2) is 7.09. The van der Waals surface area contributed by atoms with Crippen molar-refractivity contribution in [3.63, 3.8) is 0 Å². The number of hydrogen-bond donors (Lipinski definition) is 2. The first kappa shape index (κ1) is 18.2. The van der Waals surface area contributed by atoms with Crippen molar-refractivity contribution in [2.75, 3.05) is 12.4 Å². The summed E-state index contributed by atoms with van der Waals surface area (Å²) in [5.74, 6) is -0.834. The Morgan fingerprint density at radius 1 is 1.21 bits per heavy atom. The van der Waals surface area contributed by atoms with Gasteiger partial charge in [0.25, 0.3) is 0 Å². The third-order valence-electron chi connectivity index (χ3n) is 5.11. The third kappa shape index (κ3) is 3.36. The number of ether oxygens (including phenoxy) is 1. The van der Waals surface area contributed by atoms with Crippen molar-refractivity contribution in [2.24, 2.45) is 5.41 Å². The lowest BCUT2D eigenvalue weighted by Gasteiger charge is -2.23. The largest absolute Gasteiger partial charge is 0.481 e. The lowest BCUT2D eigenvalue weighted by atomic mass is 9.81. The normalized spacial score (nSPS) is 14.8. The van der Waals surface area contributed by atoms with E-state index in [-0.39, 0.29) is 18.9 Å². The molecule has 0 bridgehead atoms. The van der Waals surface area contributed by atoms with Crippen LogP contribution in [0.25, 0.3) is 11.1 Å². The Balaban J connectivity index is 1.50. The number of anilines is 1. The highest BCUT2D eigenvalue weighted by atomic mass is 16.5. The van der Waals surface area contributed by atoms with Gasteiger partial charge in [0.15, 0.2) is 5.58 Å². The summed E-state index contributed by atoms with van der Waals surface area (Å²) in [4.78, 5) is 28.9. The van der Waals surface area contributed by atoms with E-state index in [1.165, 1.54) is 0 Å². The van der Waals surface area contributed by atoms with Gasteiger partial charge in [0, 0.05) is 19.2 Å². The van der Waals surface area contributed by atoms with E-state index >= 15 is 0 Å². The Bertz CT molecular complexity index is 1030. The van der Waals surface area contributed by atoms with Crippen LogP contribution < -0.4 is 5.32 Å². The highest BCUT2D eigenvalue weighted by Gasteiger charge is 2.45. The number of aromatic nitrogens is 1. The van der Waals surface area contributed by atoms with Crippen LogP contribution in [0, 0.1) is 5.41 Å². The summed E-state index contributed by atoms with van der Waals surface area (Å²) in [7, 11) is 1.56. The molecule has 0 radical (unpaired) electrons. The van der Waals surface area contributed by atoms with Gasteiger partial charge in [-0.05, 0) is 42.2 Å². The number of carbonyl (C=O) groups is 2. The molecule has 2 N–H and O–H groups in total. The molecule has 144 valence electrons. The van der Waals surface area contributed by atoms with Crippen LogP contribution in [0.1, 0.15) is 23.4 Å². The van der Waals surface area contributed by atoms with Crippen LogP contribution in [0.2, 0.25) is 0 Å². The molecular weight excluding hydrogens is 360 g/mol. The number of nitrogens with one attached hydrogen (secondary N) is 1. The number of aliphatic carboxylic acids is 1. The molecule has 0 saturated carbocycles. The van der Waals surface area contributed by atoms with Gasteiger partial charge in [-0.1, -0.05) is 24.3 Å². The van der Waals surface area contributed by atoms with Crippen molar-refractivity contribution >= 4 is 28.7 Å². The lowest BCUT2D eigenvalue weighted by Crippen LogP contribution is -2.36. The monoisotopic (exact) mass is 380 g/mol. The summed E-state index contributed by atoms with van der Waals surface area (Å²) in [5, 5.41) is 12.6. The highest BCUT2D eigenvalue weighted by molar-refractivity contribution is 5.96. The fraction of sp³-hybridized carbons (Fsp3) is 0.286. The van der Waals surface area contributed by atoms with E-state index in [9.17, 15) is 14.7 Å². The second-order valence-corrected chi connectivity index (χ2v) is 7.16. The van der Waals surface area contributed by atoms with Crippen LogP contribution in [0.4, 0.5) is 5.69 Å². The van der Waals surface area contributed by atoms with Crippen LogP contribution >= 0.6 is 0 Å². The average Bonchev–Trinajstić information content (AvgIpc) is 3.22. The van der Waals surface area contributed by atoms with Crippen LogP contribution in [0.5, 0.6) is 0 Å². The maximum absolute atomic E-state index is 12.6. The number of benzene rings is 2. The molecule has 0 saturated heterocycles. The van der Waals surface area contributed by atoms with E-state index in [2.05, 4.69) is 10.3 Å². The van der Waals surface area contributed by atoms with Gasteiger partial charge in [-0.3, -0.25) is 9.59 Å². The minimum absolute atomic E-state index is 0.0945. The van der Waals surface area contributed by atoms with Gasteiger partial charge in [0.2, 0.25) is 11.8 Å². The highest BCUT2D eigenvalue weighted by Crippen LogP contribution is 2.40. The van der Waals surface area contributed by atoms with E-state index in [0.717, 1.165) is 11.1 Å². The molecule has 0 aliphatic heterocycles. The summed E-state index contributed by atoms with van der Waals surface area (Å²) in [6.07, 6.45) is 0.617. The van der Waals surface area contributed by atoms with E-state index in [0.29, 0.717) is 35.5 Å². The van der Waals surface area contributed by atoms with Crippen LogP contribution in [0.15, 0.2) is 46.9 Å². The van der Waals surface area contributed by atoms with Gasteiger partial charge in [-0.15, -0.1) is 0 Å². The molecule has 0 spiro atoms. The zero-order valence-electron chi connectivity index (χ0n) is 15.4. The number of methoxy groups -OCH3 is 1. The van der Waals surface area contributed by atoms with Crippen molar-refractivity contribution in [3.8, 4) is 0 Å². The molecule has 1 amide bonds. The SMILES string of the molecule is COCc1nc2cc(NC(=O)CC3(C(=O)O)Cc4ccccc4C3)ccc2o1. The van der Waals surface area contributed by atoms with Gasteiger partial charge in [0.1, 0.15) is 12.1 Å². The van der Waals surface area contributed by atoms with Gasteiger partial charge in [-0.25, -0.2) is 4.98 Å². The topological polar surface area (TPSA) is 102 Å². The summed E-state index contributed by atoms with van der Waals surface area (Å²) in [6, 6.07) is 12.8. The molecule has 28 heavy (non-hydrogen) atoms. The van der Waals surface area contributed by atoms with E-state index in [4.69, 9.17) is 9.15 Å². The number of nitrogens with zero attached hydrogens (tertiary/aromatic N) is 1. The van der Waals surface area contributed by atoms with E-state index in [1.807, 2.05) is 24.3 Å². The van der Waals surface area contributed by atoms with Crippen LogP contribution in [-0.4, -0.2) is 29.1 Å². The summed E-state index contributed by atoms with van der Waals surface area (Å²) >= 11 is 0. The third-order valence-corrected chi connectivity index (χ3v) is 5.11. The summed E-state index contributed by atoms with van der Waals surface area (Å²) in [5.41, 5.74) is 2.62. The van der Waals surface area contributed by atoms with Crippen molar-refractivity contribution in [3.05, 3.63) is 59.5 Å². The molecule has 2 aromatic carbocycles. The molecule has 3 aromatic rings. The minimum atomic E-state index is -1.11. The molecule has 0 atom stereocenters.